The van der Waals surface area contributed by atoms with Crippen LogP contribution in [0.15, 0.2) is 30.3 Å². The predicted octanol–water partition coefficient (Wildman–Crippen LogP) is 3.22. The number of carboxylic acid groups (broad SMARTS) is 1. The average Bonchev–Trinajstić information content (AvgIpc) is 2.84. The van der Waals surface area contributed by atoms with E-state index in [0.717, 1.165) is 21.9 Å². The number of anilines is 1. The van der Waals surface area contributed by atoms with Gasteiger partial charge in [-0.2, -0.15) is 0 Å². The molecule has 0 aliphatic rings. The molecule has 1 heterocycles. The SMILES string of the molecule is Cc1ccc(CNC(=O)Nc2ccc(F)c(C(=O)O)c2)s1. The van der Waals surface area contributed by atoms with Gasteiger partial charge in [0.25, 0.3) is 0 Å². The molecule has 2 aromatic rings. The Hall–Kier alpha value is -2.41. The van der Waals surface area contributed by atoms with Crippen molar-refractivity contribution in [3.05, 3.63) is 51.5 Å². The van der Waals surface area contributed by atoms with Gasteiger partial charge in [0.05, 0.1) is 12.1 Å². The first-order valence-corrected chi connectivity index (χ1v) is 6.90. The lowest BCUT2D eigenvalue weighted by Crippen LogP contribution is -2.28. The van der Waals surface area contributed by atoms with Crippen molar-refractivity contribution in [1.29, 1.82) is 0 Å². The smallest absolute Gasteiger partial charge is 0.338 e. The number of amides is 2. The monoisotopic (exact) mass is 308 g/mol. The van der Waals surface area contributed by atoms with Crippen LogP contribution in [0.4, 0.5) is 14.9 Å². The molecule has 3 N–H and O–H groups in total. The van der Waals surface area contributed by atoms with Crippen LogP contribution in [-0.2, 0) is 6.54 Å². The largest absolute Gasteiger partial charge is 0.478 e. The van der Waals surface area contributed by atoms with Gasteiger partial charge in [-0.05, 0) is 37.3 Å². The summed E-state index contributed by atoms with van der Waals surface area (Å²) in [4.78, 5) is 24.7. The van der Waals surface area contributed by atoms with Gasteiger partial charge in [-0.15, -0.1) is 11.3 Å². The van der Waals surface area contributed by atoms with Crippen LogP contribution in [0.1, 0.15) is 20.1 Å². The number of carboxylic acids is 1. The van der Waals surface area contributed by atoms with Crippen molar-refractivity contribution in [2.75, 3.05) is 5.32 Å². The molecule has 2 amide bonds. The van der Waals surface area contributed by atoms with Crippen molar-refractivity contribution in [2.24, 2.45) is 0 Å². The van der Waals surface area contributed by atoms with Crippen molar-refractivity contribution in [3.8, 4) is 0 Å². The summed E-state index contributed by atoms with van der Waals surface area (Å²) in [6, 6.07) is 6.77. The Morgan fingerprint density at radius 3 is 2.67 bits per heavy atom. The van der Waals surface area contributed by atoms with E-state index in [9.17, 15) is 14.0 Å². The molecule has 0 bridgehead atoms. The summed E-state index contributed by atoms with van der Waals surface area (Å²) in [5, 5.41) is 13.9. The third kappa shape index (κ3) is 4.03. The van der Waals surface area contributed by atoms with Crippen LogP contribution in [0.5, 0.6) is 0 Å². The molecule has 1 aromatic carbocycles. The molecule has 0 spiro atoms. The van der Waals surface area contributed by atoms with E-state index in [0.29, 0.717) is 6.54 Å². The molecule has 0 aliphatic carbocycles. The van der Waals surface area contributed by atoms with E-state index in [1.165, 1.54) is 6.07 Å². The number of nitrogens with one attached hydrogen (secondary N) is 2. The lowest BCUT2D eigenvalue weighted by Gasteiger charge is -2.08. The quantitative estimate of drug-likeness (QED) is 0.811. The number of aryl methyl sites for hydroxylation is 1. The van der Waals surface area contributed by atoms with E-state index in [4.69, 9.17) is 5.11 Å². The third-order valence-electron chi connectivity index (χ3n) is 2.67. The minimum Gasteiger partial charge on any atom is -0.478 e. The fourth-order valence-electron chi connectivity index (χ4n) is 1.69. The Bertz CT molecular complexity index is 685. The van der Waals surface area contributed by atoms with Gasteiger partial charge in [0.15, 0.2) is 0 Å². The molecule has 1 aromatic heterocycles. The number of hydrogen-bond donors (Lipinski definition) is 3. The van der Waals surface area contributed by atoms with Crippen molar-refractivity contribution in [3.63, 3.8) is 0 Å². The fraction of sp³-hybridized carbons (Fsp3) is 0.143. The Balaban J connectivity index is 1.96. The van der Waals surface area contributed by atoms with Gasteiger partial charge < -0.3 is 15.7 Å². The second-order valence-electron chi connectivity index (χ2n) is 4.32. The summed E-state index contributed by atoms with van der Waals surface area (Å²) in [6.07, 6.45) is 0. The number of carbonyl (C=O) groups is 2. The molecular weight excluding hydrogens is 295 g/mol. The molecule has 0 aliphatic heterocycles. The minimum atomic E-state index is -1.38. The molecule has 0 unspecified atom stereocenters. The summed E-state index contributed by atoms with van der Waals surface area (Å²) >= 11 is 1.57. The van der Waals surface area contributed by atoms with Crippen LogP contribution in [0.3, 0.4) is 0 Å². The number of urea groups is 1. The number of benzene rings is 1. The van der Waals surface area contributed by atoms with Crippen LogP contribution < -0.4 is 10.6 Å². The topological polar surface area (TPSA) is 78.4 Å². The Morgan fingerprint density at radius 1 is 1.29 bits per heavy atom. The number of aromatic carboxylic acids is 1. The summed E-state index contributed by atoms with van der Waals surface area (Å²) in [6.45, 7) is 2.34. The lowest BCUT2D eigenvalue weighted by molar-refractivity contribution is 0.0692. The molecular formula is C14H13FN2O3S. The normalized spacial score (nSPS) is 10.2. The maximum absolute atomic E-state index is 13.2. The highest BCUT2D eigenvalue weighted by atomic mass is 32.1. The highest BCUT2D eigenvalue weighted by Gasteiger charge is 2.12. The zero-order valence-electron chi connectivity index (χ0n) is 11.1. The molecule has 5 nitrogen and oxygen atoms in total. The minimum absolute atomic E-state index is 0.216. The molecule has 0 atom stereocenters. The van der Waals surface area contributed by atoms with Gasteiger partial charge in [-0.1, -0.05) is 0 Å². The zero-order valence-corrected chi connectivity index (χ0v) is 12.0. The average molecular weight is 308 g/mol. The van der Waals surface area contributed by atoms with Crippen LogP contribution in [-0.4, -0.2) is 17.1 Å². The number of hydrogen-bond acceptors (Lipinski definition) is 3. The summed E-state index contributed by atoms with van der Waals surface area (Å²) in [7, 11) is 0. The molecule has 21 heavy (non-hydrogen) atoms. The van der Waals surface area contributed by atoms with Crippen molar-refractivity contribution in [1.82, 2.24) is 5.32 Å². The Labute approximate surface area is 124 Å². The summed E-state index contributed by atoms with van der Waals surface area (Å²) in [5.41, 5.74) is -0.268. The van der Waals surface area contributed by atoms with E-state index < -0.39 is 23.4 Å². The molecule has 0 saturated heterocycles. The molecule has 2 rings (SSSR count). The van der Waals surface area contributed by atoms with Crippen molar-refractivity contribution >= 4 is 29.0 Å². The van der Waals surface area contributed by atoms with Gasteiger partial charge >= 0.3 is 12.0 Å². The molecule has 0 saturated carbocycles. The van der Waals surface area contributed by atoms with Crippen LogP contribution >= 0.6 is 11.3 Å². The van der Waals surface area contributed by atoms with E-state index >= 15 is 0 Å². The van der Waals surface area contributed by atoms with Gasteiger partial charge in [-0.25, -0.2) is 14.0 Å². The number of halogens is 1. The standard InChI is InChI=1S/C14H13FN2O3S/c1-8-2-4-10(21-8)7-16-14(20)17-9-3-5-12(15)11(6-9)13(18)19/h2-6H,7H2,1H3,(H,18,19)(H2,16,17,20). The second kappa shape index (κ2) is 6.36. The van der Waals surface area contributed by atoms with Crippen molar-refractivity contribution in [2.45, 2.75) is 13.5 Å². The number of rotatable bonds is 4. The number of thiophene rings is 1. The third-order valence-corrected chi connectivity index (χ3v) is 3.67. The Morgan fingerprint density at radius 2 is 2.05 bits per heavy atom. The first-order chi connectivity index (χ1) is 9.95. The number of carbonyl (C=O) groups excluding carboxylic acids is 1. The second-order valence-corrected chi connectivity index (χ2v) is 5.69. The lowest BCUT2D eigenvalue weighted by atomic mass is 10.2. The maximum Gasteiger partial charge on any atom is 0.338 e. The fourth-order valence-corrected chi connectivity index (χ4v) is 2.52. The first kappa shape index (κ1) is 15.0. The van der Waals surface area contributed by atoms with Gasteiger partial charge in [-0.3, -0.25) is 0 Å². The molecule has 7 heteroatoms. The summed E-state index contributed by atoms with van der Waals surface area (Å²) < 4.78 is 13.2. The van der Waals surface area contributed by atoms with Crippen molar-refractivity contribution < 1.29 is 19.1 Å². The highest BCUT2D eigenvalue weighted by molar-refractivity contribution is 7.11. The zero-order chi connectivity index (χ0) is 15.4. The predicted molar refractivity (Wildman–Crippen MR) is 78.3 cm³/mol. The van der Waals surface area contributed by atoms with Crippen LogP contribution in [0.25, 0.3) is 0 Å². The highest BCUT2D eigenvalue weighted by Crippen LogP contribution is 2.16. The van der Waals surface area contributed by atoms with Crippen LogP contribution in [0, 0.1) is 12.7 Å². The molecule has 0 radical (unpaired) electrons. The first-order valence-electron chi connectivity index (χ1n) is 6.08. The van der Waals surface area contributed by atoms with Crippen LogP contribution in [0.2, 0.25) is 0 Å². The van der Waals surface area contributed by atoms with E-state index in [-0.39, 0.29) is 5.69 Å². The Kier molecular flexibility index (Phi) is 4.54. The van der Waals surface area contributed by atoms with E-state index in [2.05, 4.69) is 10.6 Å². The molecule has 0 fully saturated rings. The maximum atomic E-state index is 13.2. The molecule has 110 valence electrons. The van der Waals surface area contributed by atoms with E-state index in [1.54, 1.807) is 11.3 Å². The van der Waals surface area contributed by atoms with E-state index in [1.807, 2.05) is 19.1 Å². The van der Waals surface area contributed by atoms with Gasteiger partial charge in [0.2, 0.25) is 0 Å². The summed E-state index contributed by atoms with van der Waals surface area (Å²) in [5.74, 6) is -2.23. The van der Waals surface area contributed by atoms with Gasteiger partial charge in [0, 0.05) is 15.4 Å². The van der Waals surface area contributed by atoms with Gasteiger partial charge in [0.1, 0.15) is 5.82 Å².